The number of amides is 1. The summed E-state index contributed by atoms with van der Waals surface area (Å²) < 4.78 is 5.07. The Morgan fingerprint density at radius 2 is 2.00 bits per heavy atom. The van der Waals surface area contributed by atoms with E-state index < -0.39 is 0 Å². The normalized spacial score (nSPS) is 10.9. The number of carbonyl (C=O) groups is 1. The molecule has 0 saturated heterocycles. The number of thiophene rings is 1. The third kappa shape index (κ3) is 3.74. The van der Waals surface area contributed by atoms with Crippen LogP contribution in [0, 0.1) is 0 Å². The van der Waals surface area contributed by atoms with Crippen LogP contribution < -0.4 is 5.32 Å². The number of carbonyl (C=O) groups excluding carboxylic acids is 1. The van der Waals surface area contributed by atoms with Crippen molar-refractivity contribution in [3.63, 3.8) is 0 Å². The van der Waals surface area contributed by atoms with E-state index in [-0.39, 0.29) is 5.91 Å². The zero-order chi connectivity index (χ0) is 15.2. The number of benzene rings is 1. The van der Waals surface area contributed by atoms with E-state index >= 15 is 0 Å². The van der Waals surface area contributed by atoms with E-state index in [1.54, 1.807) is 29.9 Å². The summed E-state index contributed by atoms with van der Waals surface area (Å²) in [5, 5.41) is 4.86. The van der Waals surface area contributed by atoms with Gasteiger partial charge in [0.05, 0.1) is 12.5 Å². The largest absolute Gasteiger partial charge is 0.472 e. The van der Waals surface area contributed by atoms with Crippen LogP contribution in [-0.4, -0.2) is 5.91 Å². The van der Waals surface area contributed by atoms with Crippen molar-refractivity contribution in [2.24, 2.45) is 0 Å². The Bertz CT molecular complexity index is 741. The van der Waals surface area contributed by atoms with Crippen LogP contribution in [0.25, 0.3) is 17.2 Å². The first kappa shape index (κ1) is 14.4. The summed E-state index contributed by atoms with van der Waals surface area (Å²) in [6.07, 6.45) is 6.75. The molecule has 0 fully saturated rings. The van der Waals surface area contributed by atoms with Gasteiger partial charge in [0.15, 0.2) is 0 Å². The molecule has 1 N–H and O–H groups in total. The Labute approximate surface area is 132 Å². The first-order valence-electron chi connectivity index (χ1n) is 6.92. The molecule has 2 heterocycles. The molecule has 0 bridgehead atoms. The van der Waals surface area contributed by atoms with E-state index in [4.69, 9.17) is 4.42 Å². The summed E-state index contributed by atoms with van der Waals surface area (Å²) >= 11 is 1.61. The predicted octanol–water partition coefficient (Wildman–Crippen LogP) is 4.34. The molecule has 4 heteroatoms. The van der Waals surface area contributed by atoms with Crippen molar-refractivity contribution in [3.05, 3.63) is 76.9 Å². The van der Waals surface area contributed by atoms with Crippen molar-refractivity contribution in [1.82, 2.24) is 5.32 Å². The van der Waals surface area contributed by atoms with Gasteiger partial charge in [-0.05, 0) is 34.7 Å². The first-order chi connectivity index (χ1) is 10.8. The standard InChI is InChI=1S/C18H15NO2S/c20-18(8-7-17-2-1-11-22-17)19-12-14-3-5-15(6-4-14)16-9-10-21-13-16/h1-11,13H,12H2,(H,19,20)/b8-7+. The van der Waals surface area contributed by atoms with Crippen LogP contribution in [0.15, 0.2) is 70.9 Å². The Morgan fingerprint density at radius 3 is 2.68 bits per heavy atom. The smallest absolute Gasteiger partial charge is 0.244 e. The fourth-order valence-corrected chi connectivity index (χ4v) is 2.65. The highest BCUT2D eigenvalue weighted by Gasteiger charge is 2.00. The first-order valence-corrected chi connectivity index (χ1v) is 7.80. The molecule has 0 aliphatic rings. The second kappa shape index (κ2) is 6.91. The average molecular weight is 309 g/mol. The van der Waals surface area contributed by atoms with E-state index in [1.807, 2.05) is 53.9 Å². The second-order valence-corrected chi connectivity index (χ2v) is 5.75. The maximum absolute atomic E-state index is 11.8. The minimum Gasteiger partial charge on any atom is -0.472 e. The fourth-order valence-electron chi connectivity index (χ4n) is 2.04. The lowest BCUT2D eigenvalue weighted by Crippen LogP contribution is -2.20. The second-order valence-electron chi connectivity index (χ2n) is 4.78. The zero-order valence-corrected chi connectivity index (χ0v) is 12.7. The van der Waals surface area contributed by atoms with Gasteiger partial charge in [-0.3, -0.25) is 4.79 Å². The Kier molecular flexibility index (Phi) is 4.51. The molecule has 0 aliphatic heterocycles. The molecule has 0 unspecified atom stereocenters. The van der Waals surface area contributed by atoms with E-state index in [1.165, 1.54) is 0 Å². The lowest BCUT2D eigenvalue weighted by atomic mass is 10.1. The lowest BCUT2D eigenvalue weighted by Gasteiger charge is -2.04. The van der Waals surface area contributed by atoms with Gasteiger partial charge in [0.1, 0.15) is 0 Å². The van der Waals surface area contributed by atoms with Crippen molar-refractivity contribution in [2.45, 2.75) is 6.54 Å². The molecule has 1 aromatic carbocycles. The molecule has 0 saturated carbocycles. The Hall–Kier alpha value is -2.59. The van der Waals surface area contributed by atoms with Gasteiger partial charge >= 0.3 is 0 Å². The van der Waals surface area contributed by atoms with Crippen molar-refractivity contribution in [1.29, 1.82) is 0 Å². The molecule has 110 valence electrons. The summed E-state index contributed by atoms with van der Waals surface area (Å²) in [6.45, 7) is 0.513. The zero-order valence-electron chi connectivity index (χ0n) is 11.9. The molecule has 0 radical (unpaired) electrons. The van der Waals surface area contributed by atoms with Crippen LogP contribution >= 0.6 is 11.3 Å². The number of furan rings is 1. The molecule has 2 aromatic heterocycles. The average Bonchev–Trinajstić information content (AvgIpc) is 3.24. The fraction of sp³-hybridized carbons (Fsp3) is 0.0556. The summed E-state index contributed by atoms with van der Waals surface area (Å²) in [7, 11) is 0. The molecule has 0 aliphatic carbocycles. The highest BCUT2D eigenvalue weighted by molar-refractivity contribution is 7.10. The summed E-state index contributed by atoms with van der Waals surface area (Å²) in [4.78, 5) is 12.8. The van der Waals surface area contributed by atoms with Crippen LogP contribution in [0.5, 0.6) is 0 Å². The van der Waals surface area contributed by atoms with Gasteiger partial charge in [0.25, 0.3) is 0 Å². The lowest BCUT2D eigenvalue weighted by molar-refractivity contribution is -0.116. The third-order valence-electron chi connectivity index (χ3n) is 3.22. The number of nitrogens with one attached hydrogen (secondary N) is 1. The SMILES string of the molecule is O=C(/C=C/c1cccs1)NCc1ccc(-c2ccoc2)cc1. The van der Waals surface area contributed by atoms with Crippen LogP contribution in [-0.2, 0) is 11.3 Å². The monoisotopic (exact) mass is 309 g/mol. The minimum absolute atomic E-state index is 0.0905. The summed E-state index contributed by atoms with van der Waals surface area (Å²) in [5.74, 6) is -0.0905. The topological polar surface area (TPSA) is 42.2 Å². The number of rotatable bonds is 5. The summed E-state index contributed by atoms with van der Waals surface area (Å²) in [6, 6.07) is 13.9. The molecule has 0 atom stereocenters. The molecular formula is C18H15NO2S. The van der Waals surface area contributed by atoms with Crippen LogP contribution in [0.1, 0.15) is 10.4 Å². The van der Waals surface area contributed by atoms with Crippen LogP contribution in [0.2, 0.25) is 0 Å². The molecule has 1 amide bonds. The molecule has 3 aromatic rings. The van der Waals surface area contributed by atoms with Crippen molar-refractivity contribution < 1.29 is 9.21 Å². The van der Waals surface area contributed by atoms with Crippen molar-refractivity contribution >= 4 is 23.3 Å². The summed E-state index contributed by atoms with van der Waals surface area (Å²) in [5.41, 5.74) is 3.21. The van der Waals surface area contributed by atoms with Gasteiger partial charge in [-0.15, -0.1) is 11.3 Å². The number of hydrogen-bond donors (Lipinski definition) is 1. The van der Waals surface area contributed by atoms with Gasteiger partial charge in [0, 0.05) is 23.1 Å². The molecule has 22 heavy (non-hydrogen) atoms. The third-order valence-corrected chi connectivity index (χ3v) is 4.05. The highest BCUT2D eigenvalue weighted by Crippen LogP contribution is 2.19. The quantitative estimate of drug-likeness (QED) is 0.712. The van der Waals surface area contributed by atoms with Gasteiger partial charge in [-0.1, -0.05) is 30.3 Å². The van der Waals surface area contributed by atoms with Crippen molar-refractivity contribution in [3.8, 4) is 11.1 Å². The Morgan fingerprint density at radius 1 is 1.14 bits per heavy atom. The van der Waals surface area contributed by atoms with Gasteiger partial charge in [0.2, 0.25) is 5.91 Å². The maximum atomic E-state index is 11.8. The van der Waals surface area contributed by atoms with Crippen LogP contribution in [0.3, 0.4) is 0 Å². The molecule has 0 spiro atoms. The minimum atomic E-state index is -0.0905. The van der Waals surface area contributed by atoms with E-state index in [0.717, 1.165) is 21.6 Å². The Balaban J connectivity index is 1.54. The maximum Gasteiger partial charge on any atom is 0.244 e. The van der Waals surface area contributed by atoms with Crippen molar-refractivity contribution in [2.75, 3.05) is 0 Å². The molecular weight excluding hydrogens is 294 g/mol. The molecule has 3 nitrogen and oxygen atoms in total. The molecule has 3 rings (SSSR count). The van der Waals surface area contributed by atoms with Crippen LogP contribution in [0.4, 0.5) is 0 Å². The van der Waals surface area contributed by atoms with Gasteiger partial charge in [-0.25, -0.2) is 0 Å². The van der Waals surface area contributed by atoms with Gasteiger partial charge < -0.3 is 9.73 Å². The van der Waals surface area contributed by atoms with E-state index in [0.29, 0.717) is 6.54 Å². The van der Waals surface area contributed by atoms with Gasteiger partial charge in [-0.2, -0.15) is 0 Å². The predicted molar refractivity (Wildman–Crippen MR) is 89.3 cm³/mol. The van der Waals surface area contributed by atoms with E-state index in [2.05, 4.69) is 5.32 Å². The van der Waals surface area contributed by atoms with E-state index in [9.17, 15) is 4.79 Å². The number of hydrogen-bond acceptors (Lipinski definition) is 3. The highest BCUT2D eigenvalue weighted by atomic mass is 32.1.